The van der Waals surface area contributed by atoms with Crippen LogP contribution in [0.5, 0.6) is 5.75 Å². The first-order valence-corrected chi connectivity index (χ1v) is 6.71. The Morgan fingerprint density at radius 3 is 2.91 bits per heavy atom. The minimum absolute atomic E-state index is 0.193. The van der Waals surface area contributed by atoms with Gasteiger partial charge in [0.15, 0.2) is 5.65 Å². The summed E-state index contributed by atoms with van der Waals surface area (Å²) in [5.41, 5.74) is 1.30. The van der Waals surface area contributed by atoms with Gasteiger partial charge in [-0.1, -0.05) is 0 Å². The SMILES string of the molecule is O=C(O)c1ccc(N=NSc2ncnc3nc[nH]c23)cc1O. The molecule has 1 aromatic carbocycles. The van der Waals surface area contributed by atoms with Gasteiger partial charge in [0, 0.05) is 6.07 Å². The molecule has 0 amide bonds. The molecule has 3 aromatic rings. The number of carbonyl (C=O) groups is 1. The zero-order chi connectivity index (χ0) is 15.5. The molecule has 9 nitrogen and oxygen atoms in total. The molecular weight excluding hydrogens is 308 g/mol. The number of phenols is 1. The van der Waals surface area contributed by atoms with Crippen LogP contribution < -0.4 is 0 Å². The maximum atomic E-state index is 10.8. The predicted octanol–water partition coefficient (Wildman–Crippen LogP) is 2.55. The number of carboxylic acid groups (broad SMARTS) is 1. The topological polar surface area (TPSA) is 137 Å². The van der Waals surface area contributed by atoms with Gasteiger partial charge in [-0.2, -0.15) is 0 Å². The van der Waals surface area contributed by atoms with Crippen molar-refractivity contribution in [2.75, 3.05) is 0 Å². The van der Waals surface area contributed by atoms with E-state index < -0.39 is 5.97 Å². The van der Waals surface area contributed by atoms with Crippen molar-refractivity contribution in [2.45, 2.75) is 5.03 Å². The molecule has 0 radical (unpaired) electrons. The molecule has 0 aliphatic rings. The number of nitrogens with zero attached hydrogens (tertiary/aromatic N) is 5. The van der Waals surface area contributed by atoms with Crippen LogP contribution in [-0.4, -0.2) is 36.1 Å². The van der Waals surface area contributed by atoms with Gasteiger partial charge >= 0.3 is 5.97 Å². The molecular formula is C12H8N6O3S. The molecule has 0 saturated heterocycles. The summed E-state index contributed by atoms with van der Waals surface area (Å²) in [6, 6.07) is 3.92. The maximum absolute atomic E-state index is 10.8. The number of benzene rings is 1. The normalized spacial score (nSPS) is 11.3. The van der Waals surface area contributed by atoms with Crippen LogP contribution in [-0.2, 0) is 0 Å². The number of hydrogen-bond donors (Lipinski definition) is 3. The number of hydrogen-bond acceptors (Lipinski definition) is 8. The number of H-pyrrole nitrogens is 1. The molecule has 3 N–H and O–H groups in total. The molecule has 22 heavy (non-hydrogen) atoms. The van der Waals surface area contributed by atoms with Crippen LogP contribution in [0.1, 0.15) is 10.4 Å². The van der Waals surface area contributed by atoms with Crippen molar-refractivity contribution in [1.29, 1.82) is 0 Å². The molecule has 2 aromatic heterocycles. The highest BCUT2D eigenvalue weighted by atomic mass is 32.2. The van der Waals surface area contributed by atoms with Gasteiger partial charge in [0.1, 0.15) is 28.2 Å². The summed E-state index contributed by atoms with van der Waals surface area (Å²) in [5.74, 6) is -1.58. The van der Waals surface area contributed by atoms with E-state index in [1.807, 2.05) is 0 Å². The lowest BCUT2D eigenvalue weighted by atomic mass is 10.2. The third kappa shape index (κ3) is 2.72. The smallest absolute Gasteiger partial charge is 0.339 e. The molecule has 0 aliphatic carbocycles. The molecule has 0 fully saturated rings. The maximum Gasteiger partial charge on any atom is 0.339 e. The molecule has 0 unspecified atom stereocenters. The first-order valence-electron chi connectivity index (χ1n) is 5.93. The number of aromatic hydroxyl groups is 1. The molecule has 0 atom stereocenters. The molecule has 10 heteroatoms. The van der Waals surface area contributed by atoms with E-state index in [1.54, 1.807) is 0 Å². The Bertz CT molecular complexity index is 878. The van der Waals surface area contributed by atoms with Crippen LogP contribution >= 0.6 is 11.9 Å². The monoisotopic (exact) mass is 316 g/mol. The summed E-state index contributed by atoms with van der Waals surface area (Å²) in [6.07, 6.45) is 2.87. The lowest BCUT2D eigenvalue weighted by molar-refractivity contribution is 0.0694. The van der Waals surface area contributed by atoms with Crippen molar-refractivity contribution in [1.82, 2.24) is 19.9 Å². The third-order valence-corrected chi connectivity index (χ3v) is 3.33. The number of carboxylic acids is 1. The predicted molar refractivity (Wildman–Crippen MR) is 77.1 cm³/mol. The summed E-state index contributed by atoms with van der Waals surface area (Å²) in [6.45, 7) is 0. The summed E-state index contributed by atoms with van der Waals surface area (Å²) in [5, 5.41) is 22.8. The molecule has 2 heterocycles. The fourth-order valence-corrected chi connectivity index (χ4v) is 2.23. The Hall–Kier alpha value is -3.01. The second-order valence-corrected chi connectivity index (χ2v) is 4.79. The fourth-order valence-electron chi connectivity index (χ4n) is 1.68. The number of aromatic amines is 1. The van der Waals surface area contributed by atoms with Gasteiger partial charge in [-0.15, -0.1) is 9.63 Å². The Morgan fingerprint density at radius 1 is 1.27 bits per heavy atom. The highest BCUT2D eigenvalue weighted by Crippen LogP contribution is 2.27. The van der Waals surface area contributed by atoms with Crippen molar-refractivity contribution < 1.29 is 15.0 Å². The van der Waals surface area contributed by atoms with Crippen LogP contribution in [0.4, 0.5) is 5.69 Å². The molecule has 0 saturated carbocycles. The van der Waals surface area contributed by atoms with Gasteiger partial charge < -0.3 is 15.2 Å². The van der Waals surface area contributed by atoms with Crippen molar-refractivity contribution in [3.63, 3.8) is 0 Å². The van der Waals surface area contributed by atoms with E-state index in [2.05, 4.69) is 29.6 Å². The quantitative estimate of drug-likeness (QED) is 0.382. The lowest BCUT2D eigenvalue weighted by Gasteiger charge is -1.99. The van der Waals surface area contributed by atoms with Crippen molar-refractivity contribution in [2.24, 2.45) is 9.63 Å². The number of aromatic nitrogens is 4. The van der Waals surface area contributed by atoms with Gasteiger partial charge in [-0.3, -0.25) is 0 Å². The van der Waals surface area contributed by atoms with Gasteiger partial charge in [-0.05, 0) is 12.1 Å². The van der Waals surface area contributed by atoms with Crippen molar-refractivity contribution in [3.05, 3.63) is 36.4 Å². The Kier molecular flexibility index (Phi) is 3.66. The second-order valence-electron chi connectivity index (χ2n) is 4.06. The van der Waals surface area contributed by atoms with Crippen LogP contribution in [0.25, 0.3) is 11.2 Å². The lowest BCUT2D eigenvalue weighted by Crippen LogP contribution is -1.95. The minimum Gasteiger partial charge on any atom is -0.507 e. The van der Waals surface area contributed by atoms with Gasteiger partial charge in [-0.25, -0.2) is 19.7 Å². The Morgan fingerprint density at radius 2 is 2.14 bits per heavy atom. The van der Waals surface area contributed by atoms with E-state index in [0.29, 0.717) is 21.9 Å². The average Bonchev–Trinajstić information content (AvgIpc) is 2.96. The highest BCUT2D eigenvalue weighted by Gasteiger charge is 2.09. The van der Waals surface area contributed by atoms with Gasteiger partial charge in [0.2, 0.25) is 0 Å². The largest absolute Gasteiger partial charge is 0.507 e. The minimum atomic E-state index is -1.21. The van der Waals surface area contributed by atoms with E-state index in [1.165, 1.54) is 30.9 Å². The fraction of sp³-hybridized carbons (Fsp3) is 0. The van der Waals surface area contributed by atoms with E-state index in [4.69, 9.17) is 5.11 Å². The standard InChI is InChI=1S/C12H8N6O3S/c19-8-3-6(1-2-7(8)12(20)21)17-18-22-11-9-10(14-4-13-9)15-5-16-11/h1-5,19H,(H,20,21)(H,13,14,15,16). The van der Waals surface area contributed by atoms with Crippen LogP contribution in [0.2, 0.25) is 0 Å². The number of imidazole rings is 1. The van der Waals surface area contributed by atoms with E-state index in [0.717, 1.165) is 11.9 Å². The second kappa shape index (κ2) is 5.77. The van der Waals surface area contributed by atoms with Gasteiger partial charge in [0.25, 0.3) is 0 Å². The summed E-state index contributed by atoms with van der Waals surface area (Å²) in [7, 11) is 0. The van der Waals surface area contributed by atoms with Gasteiger partial charge in [0.05, 0.1) is 24.0 Å². The van der Waals surface area contributed by atoms with Crippen molar-refractivity contribution >= 4 is 34.8 Å². The molecule has 0 bridgehead atoms. The van der Waals surface area contributed by atoms with Crippen LogP contribution in [0.15, 0.2) is 45.5 Å². The summed E-state index contributed by atoms with van der Waals surface area (Å²) < 4.78 is 3.90. The number of nitrogens with one attached hydrogen (secondary N) is 1. The highest BCUT2D eigenvalue weighted by molar-refractivity contribution is 7.98. The molecule has 0 aliphatic heterocycles. The number of aromatic carboxylic acids is 1. The first kappa shape index (κ1) is 13.9. The van der Waals surface area contributed by atoms with E-state index >= 15 is 0 Å². The molecule has 3 rings (SSSR count). The third-order valence-electron chi connectivity index (χ3n) is 2.68. The zero-order valence-corrected chi connectivity index (χ0v) is 11.7. The Balaban J connectivity index is 1.79. The molecule has 110 valence electrons. The first-order chi connectivity index (χ1) is 10.6. The molecule has 0 spiro atoms. The van der Waals surface area contributed by atoms with E-state index in [9.17, 15) is 9.90 Å². The zero-order valence-electron chi connectivity index (χ0n) is 10.8. The summed E-state index contributed by atoms with van der Waals surface area (Å²) >= 11 is 1.00. The Labute approximate surface area is 127 Å². The summed E-state index contributed by atoms with van der Waals surface area (Å²) in [4.78, 5) is 25.7. The van der Waals surface area contributed by atoms with Crippen molar-refractivity contribution in [3.8, 4) is 5.75 Å². The van der Waals surface area contributed by atoms with E-state index in [-0.39, 0.29) is 11.3 Å². The number of fused-ring (bicyclic) bond motifs is 1. The average molecular weight is 316 g/mol. The van der Waals surface area contributed by atoms with Crippen LogP contribution in [0.3, 0.4) is 0 Å². The van der Waals surface area contributed by atoms with Crippen LogP contribution in [0, 0.1) is 0 Å². The number of rotatable bonds is 4.